The lowest BCUT2D eigenvalue weighted by atomic mass is 10.1. The van der Waals surface area contributed by atoms with E-state index in [1.807, 2.05) is 30.3 Å². The van der Waals surface area contributed by atoms with Crippen molar-refractivity contribution in [3.63, 3.8) is 0 Å². The Labute approximate surface area is 233 Å². The number of imide groups is 1. The topological polar surface area (TPSA) is 133 Å². The van der Waals surface area contributed by atoms with E-state index in [2.05, 4.69) is 5.32 Å². The maximum atomic E-state index is 13.1. The number of esters is 1. The van der Waals surface area contributed by atoms with Crippen molar-refractivity contribution in [2.75, 3.05) is 13.1 Å². The smallest absolute Gasteiger partial charge is 0.326 e. The number of aliphatic carboxylic acids is 1. The summed E-state index contributed by atoms with van der Waals surface area (Å²) in [5.74, 6) is -2.48. The Balaban J connectivity index is 1.32. The van der Waals surface area contributed by atoms with Gasteiger partial charge in [0.25, 0.3) is 11.8 Å². The lowest BCUT2D eigenvalue weighted by molar-refractivity contribution is -0.151. The van der Waals surface area contributed by atoms with Crippen molar-refractivity contribution in [2.24, 2.45) is 0 Å². The van der Waals surface area contributed by atoms with E-state index in [0.717, 1.165) is 5.56 Å². The molecule has 40 heavy (non-hydrogen) atoms. The zero-order chi connectivity index (χ0) is 28.6. The van der Waals surface area contributed by atoms with Crippen LogP contribution in [0, 0.1) is 0 Å². The van der Waals surface area contributed by atoms with Crippen molar-refractivity contribution in [3.8, 4) is 0 Å². The number of rotatable bonds is 13. The fourth-order valence-corrected chi connectivity index (χ4v) is 5.24. The maximum absolute atomic E-state index is 13.1. The second-order valence-corrected chi connectivity index (χ2v) is 10.2. The summed E-state index contributed by atoms with van der Waals surface area (Å²) in [6.45, 7) is 2.36. The second kappa shape index (κ2) is 13.3. The van der Waals surface area contributed by atoms with Gasteiger partial charge in [-0.3, -0.25) is 29.4 Å². The molecule has 0 aromatic heterocycles. The van der Waals surface area contributed by atoms with E-state index in [-0.39, 0.29) is 30.9 Å². The van der Waals surface area contributed by atoms with E-state index in [1.165, 1.54) is 9.80 Å². The van der Waals surface area contributed by atoms with Crippen LogP contribution >= 0.6 is 0 Å². The molecule has 212 valence electrons. The van der Waals surface area contributed by atoms with E-state index < -0.39 is 30.1 Å². The number of nitrogens with zero attached hydrogens (tertiary/aromatic N) is 2. The Bertz CT molecular complexity index is 1210. The first-order valence-electron chi connectivity index (χ1n) is 13.7. The third-order valence-electron chi connectivity index (χ3n) is 7.40. The van der Waals surface area contributed by atoms with Crippen LogP contribution in [0.15, 0.2) is 54.6 Å². The van der Waals surface area contributed by atoms with E-state index in [0.29, 0.717) is 56.2 Å². The lowest BCUT2D eigenvalue weighted by Gasteiger charge is -2.28. The van der Waals surface area contributed by atoms with E-state index >= 15 is 0 Å². The fraction of sp³-hybridized carbons (Fsp3) is 0.433. The molecule has 10 nitrogen and oxygen atoms in total. The van der Waals surface area contributed by atoms with Gasteiger partial charge in [-0.15, -0.1) is 0 Å². The lowest BCUT2D eigenvalue weighted by Crippen LogP contribution is -2.53. The molecular weight excluding hydrogens is 514 g/mol. The summed E-state index contributed by atoms with van der Waals surface area (Å²) < 4.78 is 5.54. The summed E-state index contributed by atoms with van der Waals surface area (Å²) in [4.78, 5) is 65.4. The number of likely N-dealkylation sites (tertiary alicyclic amines) is 1. The number of hydrogen-bond donors (Lipinski definition) is 2. The van der Waals surface area contributed by atoms with Gasteiger partial charge >= 0.3 is 11.9 Å². The molecule has 0 saturated carbocycles. The molecule has 1 saturated heterocycles. The zero-order valence-electron chi connectivity index (χ0n) is 22.6. The minimum atomic E-state index is -1.03. The summed E-state index contributed by atoms with van der Waals surface area (Å²) in [6.07, 6.45) is 3.20. The molecule has 3 atom stereocenters. The number of unbranched alkanes of at least 4 members (excludes halogenated alkanes) is 2. The third-order valence-corrected chi connectivity index (χ3v) is 7.40. The first kappa shape index (κ1) is 28.9. The number of fused-ring (bicyclic) bond motifs is 1. The zero-order valence-corrected chi connectivity index (χ0v) is 22.6. The molecule has 1 fully saturated rings. The predicted octanol–water partition coefficient (Wildman–Crippen LogP) is 3.01. The summed E-state index contributed by atoms with van der Waals surface area (Å²) in [5.41, 5.74) is 1.67. The first-order valence-corrected chi connectivity index (χ1v) is 13.7. The molecule has 2 aliphatic rings. The van der Waals surface area contributed by atoms with Crippen LogP contribution in [0.25, 0.3) is 0 Å². The van der Waals surface area contributed by atoms with Gasteiger partial charge in [0, 0.05) is 13.1 Å². The third kappa shape index (κ3) is 6.74. The van der Waals surface area contributed by atoms with Gasteiger partial charge in [0.15, 0.2) is 0 Å². The van der Waals surface area contributed by atoms with Crippen molar-refractivity contribution in [2.45, 2.75) is 70.2 Å². The van der Waals surface area contributed by atoms with E-state index in [1.54, 1.807) is 31.2 Å². The van der Waals surface area contributed by atoms with Gasteiger partial charge in [-0.1, -0.05) is 55.3 Å². The molecule has 2 heterocycles. The fourth-order valence-electron chi connectivity index (χ4n) is 5.24. The Morgan fingerprint density at radius 2 is 1.62 bits per heavy atom. The number of ether oxygens (including phenoxy) is 1. The Hall–Kier alpha value is -4.05. The molecule has 4 rings (SSSR count). The van der Waals surface area contributed by atoms with Crippen LogP contribution in [0.3, 0.4) is 0 Å². The van der Waals surface area contributed by atoms with Crippen LogP contribution in [0.4, 0.5) is 0 Å². The summed E-state index contributed by atoms with van der Waals surface area (Å²) in [7, 11) is 0. The number of carbonyl (C=O) groups excluding carboxylic acids is 4. The largest absolute Gasteiger partial charge is 0.480 e. The Kier molecular flexibility index (Phi) is 9.65. The number of carboxylic acid groups (broad SMARTS) is 1. The number of benzene rings is 2. The quantitative estimate of drug-likeness (QED) is 0.221. The molecule has 0 spiro atoms. The minimum Gasteiger partial charge on any atom is -0.480 e. The van der Waals surface area contributed by atoms with Crippen molar-refractivity contribution in [1.82, 2.24) is 15.1 Å². The number of carbonyl (C=O) groups is 5. The van der Waals surface area contributed by atoms with Crippen molar-refractivity contribution >= 4 is 29.7 Å². The van der Waals surface area contributed by atoms with Gasteiger partial charge in [-0.25, -0.2) is 4.79 Å². The molecule has 3 amide bonds. The highest BCUT2D eigenvalue weighted by molar-refractivity contribution is 6.21. The Morgan fingerprint density at radius 1 is 0.975 bits per heavy atom. The molecule has 2 N–H and O–H groups in total. The number of nitrogens with one attached hydrogen (secondary N) is 1. The van der Waals surface area contributed by atoms with Gasteiger partial charge in [0.05, 0.1) is 17.2 Å². The number of hydrogen-bond acceptors (Lipinski definition) is 7. The Morgan fingerprint density at radius 3 is 2.27 bits per heavy atom. The molecule has 2 aromatic carbocycles. The summed E-state index contributed by atoms with van der Waals surface area (Å²) in [6, 6.07) is 13.6. The standard InChI is InChI=1S/C30H35N3O7/c1-20(26(34)32-18-10-16-25(32)29(37)38)31-24(30(39)40-19-21-11-4-2-5-12-21)15-6-3-9-17-33-27(35)22-13-7-8-14-23(22)28(33)36/h2,4-5,7-8,11-14,20,24-25,31H,3,6,9-10,15-19H2,1H3,(H,37,38)/t20-,24?,25-/m0/s1. The monoisotopic (exact) mass is 549 g/mol. The van der Waals surface area contributed by atoms with E-state index in [4.69, 9.17) is 4.74 Å². The molecule has 0 radical (unpaired) electrons. The summed E-state index contributed by atoms with van der Waals surface area (Å²) in [5, 5.41) is 12.5. The average Bonchev–Trinajstić information content (AvgIpc) is 3.55. The van der Waals surface area contributed by atoms with E-state index in [9.17, 15) is 29.1 Å². The van der Waals surface area contributed by atoms with Gasteiger partial charge in [-0.2, -0.15) is 0 Å². The molecule has 0 aliphatic carbocycles. The normalized spacial score (nSPS) is 18.0. The van der Waals surface area contributed by atoms with Crippen LogP contribution in [0.1, 0.15) is 71.7 Å². The highest BCUT2D eigenvalue weighted by Crippen LogP contribution is 2.23. The second-order valence-electron chi connectivity index (χ2n) is 10.2. The van der Waals surface area contributed by atoms with Crippen molar-refractivity contribution < 1.29 is 33.8 Å². The maximum Gasteiger partial charge on any atom is 0.326 e. The number of carboxylic acids is 1. The number of amides is 3. The van der Waals surface area contributed by atoms with Gasteiger partial charge in [0.1, 0.15) is 18.7 Å². The van der Waals surface area contributed by atoms with Crippen LogP contribution in [-0.2, 0) is 25.7 Å². The highest BCUT2D eigenvalue weighted by Gasteiger charge is 2.37. The molecule has 2 aromatic rings. The van der Waals surface area contributed by atoms with Crippen molar-refractivity contribution in [1.29, 1.82) is 0 Å². The van der Waals surface area contributed by atoms with Crippen LogP contribution < -0.4 is 5.32 Å². The minimum absolute atomic E-state index is 0.0904. The van der Waals surface area contributed by atoms with Gasteiger partial charge in [-0.05, 0) is 50.3 Å². The summed E-state index contributed by atoms with van der Waals surface area (Å²) >= 11 is 0. The first-order chi connectivity index (χ1) is 19.3. The highest BCUT2D eigenvalue weighted by atomic mass is 16.5. The molecule has 1 unspecified atom stereocenters. The SMILES string of the molecule is C[C@H](NC(CCCCCN1C(=O)c2ccccc2C1=O)C(=O)OCc1ccccc1)C(=O)N1CCC[C@H]1C(=O)O. The van der Waals surface area contributed by atoms with Crippen molar-refractivity contribution in [3.05, 3.63) is 71.3 Å². The van der Waals surface area contributed by atoms with Gasteiger partial charge in [0.2, 0.25) is 5.91 Å². The molecule has 10 heteroatoms. The van der Waals surface area contributed by atoms with Gasteiger partial charge < -0.3 is 14.7 Å². The predicted molar refractivity (Wildman–Crippen MR) is 145 cm³/mol. The molecule has 2 aliphatic heterocycles. The van der Waals surface area contributed by atoms with Crippen LogP contribution in [0.5, 0.6) is 0 Å². The van der Waals surface area contributed by atoms with Crippen LogP contribution in [0.2, 0.25) is 0 Å². The average molecular weight is 550 g/mol. The van der Waals surface area contributed by atoms with Crippen LogP contribution in [-0.4, -0.2) is 75.8 Å². The molecule has 0 bridgehead atoms. The molecular formula is C30H35N3O7.